The van der Waals surface area contributed by atoms with E-state index in [9.17, 15) is 14.4 Å². The first-order valence-electron chi connectivity index (χ1n) is 9.55. The number of ketones is 1. The molecule has 4 heterocycles. The Kier molecular flexibility index (Phi) is 4.29. The molecule has 0 N–H and O–H groups in total. The van der Waals surface area contributed by atoms with E-state index >= 15 is 0 Å². The van der Waals surface area contributed by atoms with Crippen molar-refractivity contribution < 1.29 is 9.53 Å². The van der Waals surface area contributed by atoms with Crippen LogP contribution in [-0.4, -0.2) is 41.6 Å². The number of carbonyl (C=O) groups excluding carboxylic acids is 1. The van der Waals surface area contributed by atoms with Gasteiger partial charge in [0.2, 0.25) is 5.78 Å². The van der Waals surface area contributed by atoms with Crippen molar-refractivity contribution in [1.82, 2.24) is 23.1 Å². The summed E-state index contributed by atoms with van der Waals surface area (Å²) in [5.41, 5.74) is 1.48. The fourth-order valence-corrected chi connectivity index (χ4v) is 4.02. The summed E-state index contributed by atoms with van der Waals surface area (Å²) < 4.78 is 12.0. The van der Waals surface area contributed by atoms with Gasteiger partial charge in [-0.2, -0.15) is 4.98 Å². The van der Waals surface area contributed by atoms with Crippen molar-refractivity contribution in [2.75, 3.05) is 6.61 Å². The number of Topliss-reactive ketones (excluding diaryl/α,β-unsaturated/α-hetero) is 1. The molecule has 0 radical (unpaired) electrons. The quantitative estimate of drug-likeness (QED) is 0.668. The van der Waals surface area contributed by atoms with Crippen molar-refractivity contribution in [3.05, 3.63) is 32.2 Å². The van der Waals surface area contributed by atoms with E-state index in [1.807, 2.05) is 18.4 Å². The number of ether oxygens (including phenoxy) is 1. The Morgan fingerprint density at radius 3 is 2.61 bits per heavy atom. The smallest absolute Gasteiger partial charge is 0.333 e. The molecule has 1 aliphatic heterocycles. The number of imidazole rings is 2. The molecule has 0 saturated carbocycles. The van der Waals surface area contributed by atoms with Gasteiger partial charge in [0.25, 0.3) is 5.56 Å². The van der Waals surface area contributed by atoms with Gasteiger partial charge in [-0.15, -0.1) is 0 Å². The number of fused-ring (bicyclic) bond motifs is 3. The van der Waals surface area contributed by atoms with Crippen LogP contribution in [-0.2, 0) is 23.1 Å². The van der Waals surface area contributed by atoms with Gasteiger partial charge in [-0.1, -0.05) is 0 Å². The molecule has 9 heteroatoms. The molecular formula is C19H25N5O4. The van der Waals surface area contributed by atoms with Crippen LogP contribution in [0.5, 0.6) is 0 Å². The van der Waals surface area contributed by atoms with Gasteiger partial charge in [-0.05, 0) is 40.5 Å². The van der Waals surface area contributed by atoms with E-state index in [1.54, 1.807) is 18.4 Å². The molecule has 0 bridgehead atoms. The highest BCUT2D eigenvalue weighted by atomic mass is 16.5. The number of rotatable bonds is 4. The molecule has 9 nitrogen and oxygen atoms in total. The van der Waals surface area contributed by atoms with Crippen molar-refractivity contribution >= 4 is 22.7 Å². The van der Waals surface area contributed by atoms with Crippen LogP contribution in [0.3, 0.4) is 0 Å². The summed E-state index contributed by atoms with van der Waals surface area (Å²) in [5.74, 6) is 0.365. The molecule has 2 atom stereocenters. The molecule has 1 fully saturated rings. The van der Waals surface area contributed by atoms with Gasteiger partial charge in [-0.3, -0.25) is 18.6 Å². The van der Waals surface area contributed by atoms with E-state index in [2.05, 4.69) is 4.98 Å². The maximum absolute atomic E-state index is 13.2. The summed E-state index contributed by atoms with van der Waals surface area (Å²) in [6.07, 6.45) is 2.15. The van der Waals surface area contributed by atoms with E-state index in [1.165, 1.54) is 11.5 Å². The minimum absolute atomic E-state index is 0.118. The van der Waals surface area contributed by atoms with Crippen molar-refractivity contribution in [3.8, 4) is 0 Å². The van der Waals surface area contributed by atoms with Crippen molar-refractivity contribution in [2.45, 2.75) is 59.2 Å². The van der Waals surface area contributed by atoms with Gasteiger partial charge in [0.15, 0.2) is 16.9 Å². The van der Waals surface area contributed by atoms with Gasteiger partial charge >= 0.3 is 5.69 Å². The van der Waals surface area contributed by atoms with E-state index in [0.717, 1.165) is 35.4 Å². The molecule has 28 heavy (non-hydrogen) atoms. The molecule has 1 aliphatic rings. The second kappa shape index (κ2) is 6.44. The lowest BCUT2D eigenvalue weighted by Gasteiger charge is -2.13. The molecule has 0 spiro atoms. The number of hydrogen-bond acceptors (Lipinski definition) is 5. The minimum atomic E-state index is -0.837. The fourth-order valence-electron chi connectivity index (χ4n) is 4.02. The number of hydrogen-bond donors (Lipinski definition) is 0. The van der Waals surface area contributed by atoms with Gasteiger partial charge in [0.1, 0.15) is 0 Å². The summed E-state index contributed by atoms with van der Waals surface area (Å²) in [5, 5.41) is 0. The number of nitrogens with zero attached hydrogens (tertiary/aromatic N) is 5. The first-order valence-corrected chi connectivity index (χ1v) is 9.55. The number of aryl methyl sites for hydroxylation is 2. The van der Waals surface area contributed by atoms with Gasteiger partial charge in [0.05, 0.1) is 18.7 Å². The summed E-state index contributed by atoms with van der Waals surface area (Å²) in [4.78, 5) is 42.5. The van der Waals surface area contributed by atoms with E-state index in [0.29, 0.717) is 23.5 Å². The topological polar surface area (TPSA) is 92.5 Å². The highest BCUT2D eigenvalue weighted by Gasteiger charge is 2.26. The monoisotopic (exact) mass is 387 g/mol. The Hall–Kier alpha value is -2.68. The van der Waals surface area contributed by atoms with Crippen molar-refractivity contribution in [2.24, 2.45) is 7.05 Å². The maximum atomic E-state index is 13.2. The van der Waals surface area contributed by atoms with Gasteiger partial charge < -0.3 is 9.30 Å². The molecule has 0 amide bonds. The van der Waals surface area contributed by atoms with Crippen LogP contribution in [0.4, 0.5) is 0 Å². The van der Waals surface area contributed by atoms with Gasteiger partial charge in [0, 0.05) is 25.0 Å². The number of carbonyl (C=O) groups is 1. The lowest BCUT2D eigenvalue weighted by Crippen LogP contribution is -2.42. The van der Waals surface area contributed by atoms with Crippen LogP contribution < -0.4 is 11.2 Å². The standard InChI is InChI=1S/C19H25N5O4/c1-10-11(2)23-15-16(20-18(23)22(10)9-14-7-6-8-28-14)21(5)19(27)24(17(15)26)12(3)13(4)25/h12,14H,6-9H2,1-5H3. The van der Waals surface area contributed by atoms with Gasteiger partial charge in [-0.25, -0.2) is 9.36 Å². The highest BCUT2D eigenvalue weighted by Crippen LogP contribution is 2.23. The third kappa shape index (κ3) is 2.49. The lowest BCUT2D eigenvalue weighted by molar-refractivity contribution is -0.119. The largest absolute Gasteiger partial charge is 0.376 e. The summed E-state index contributed by atoms with van der Waals surface area (Å²) in [6, 6.07) is -0.837. The van der Waals surface area contributed by atoms with Crippen LogP contribution in [0.25, 0.3) is 16.9 Å². The molecule has 2 unspecified atom stereocenters. The maximum Gasteiger partial charge on any atom is 0.333 e. The normalized spacial score (nSPS) is 18.4. The van der Waals surface area contributed by atoms with Crippen LogP contribution in [0, 0.1) is 13.8 Å². The zero-order valence-corrected chi connectivity index (χ0v) is 16.9. The average molecular weight is 387 g/mol. The zero-order chi connectivity index (χ0) is 20.3. The number of aromatic nitrogens is 5. The first-order chi connectivity index (χ1) is 13.2. The average Bonchev–Trinajstić information content (AvgIpc) is 3.34. The molecule has 150 valence electrons. The third-order valence-electron chi connectivity index (χ3n) is 5.96. The van der Waals surface area contributed by atoms with Crippen LogP contribution in [0.2, 0.25) is 0 Å². The summed E-state index contributed by atoms with van der Waals surface area (Å²) in [6.45, 7) is 8.27. The minimum Gasteiger partial charge on any atom is -0.376 e. The highest BCUT2D eigenvalue weighted by molar-refractivity contribution is 5.81. The lowest BCUT2D eigenvalue weighted by atomic mass is 10.2. The predicted octanol–water partition coefficient (Wildman–Crippen LogP) is 1.10. The molecule has 0 aromatic carbocycles. The first kappa shape index (κ1) is 18.7. The Balaban J connectivity index is 2.06. The molecule has 0 aliphatic carbocycles. The second-order valence-electron chi connectivity index (χ2n) is 7.64. The Bertz CT molecular complexity index is 1220. The molecule has 4 rings (SSSR count). The van der Waals surface area contributed by atoms with E-state index in [-0.39, 0.29) is 11.9 Å². The summed E-state index contributed by atoms with van der Waals surface area (Å²) in [7, 11) is 1.58. The second-order valence-corrected chi connectivity index (χ2v) is 7.64. The molecular weight excluding hydrogens is 362 g/mol. The summed E-state index contributed by atoms with van der Waals surface area (Å²) >= 11 is 0. The molecule has 3 aromatic heterocycles. The molecule has 1 saturated heterocycles. The van der Waals surface area contributed by atoms with Crippen LogP contribution in [0.1, 0.15) is 44.1 Å². The fraction of sp³-hybridized carbons (Fsp3) is 0.579. The zero-order valence-electron chi connectivity index (χ0n) is 16.9. The van der Waals surface area contributed by atoms with E-state index < -0.39 is 17.3 Å². The van der Waals surface area contributed by atoms with Crippen molar-refractivity contribution in [3.63, 3.8) is 0 Å². The van der Waals surface area contributed by atoms with Crippen molar-refractivity contribution in [1.29, 1.82) is 0 Å². The molecule has 3 aromatic rings. The third-order valence-corrected chi connectivity index (χ3v) is 5.96. The van der Waals surface area contributed by atoms with Crippen LogP contribution in [0.15, 0.2) is 9.59 Å². The Labute approximate surface area is 161 Å². The van der Waals surface area contributed by atoms with Crippen LogP contribution >= 0.6 is 0 Å². The van der Waals surface area contributed by atoms with E-state index in [4.69, 9.17) is 4.74 Å². The Morgan fingerprint density at radius 1 is 1.29 bits per heavy atom. The SMILES string of the molecule is CC(=O)C(C)n1c(=O)c2c(nc3n(CC4CCCO4)c(C)c(C)n23)n(C)c1=O. The predicted molar refractivity (Wildman–Crippen MR) is 104 cm³/mol. The Morgan fingerprint density at radius 2 is 2.00 bits per heavy atom.